The molecule has 0 radical (unpaired) electrons. The standard InChI is InChI=1S/C8H7ClO.3CH2O.Cr/c1-6(10)7-2-4-8(9)5-3-7;3*1-2;/h2-5H,1H3;3*1H2;. The van der Waals surface area contributed by atoms with Crippen LogP contribution >= 0.6 is 11.6 Å². The molecule has 1 aromatic carbocycles. The second-order valence-corrected chi connectivity index (χ2v) is 2.50. The average molecular weight is 297 g/mol. The molecule has 0 aliphatic rings. The third-order valence-electron chi connectivity index (χ3n) is 1.25. The quantitative estimate of drug-likeness (QED) is 0.743. The topological polar surface area (TPSA) is 68.3 Å². The van der Waals surface area contributed by atoms with Crippen molar-refractivity contribution in [3.05, 3.63) is 34.9 Å². The second-order valence-electron chi connectivity index (χ2n) is 2.06. The Labute approximate surface area is 116 Å². The minimum Gasteiger partial charge on any atom is -0.307 e. The third-order valence-corrected chi connectivity index (χ3v) is 1.50. The molecule has 0 atom stereocenters. The van der Waals surface area contributed by atoms with Crippen LogP contribution < -0.4 is 0 Å². The molecule has 0 saturated carbocycles. The zero-order valence-corrected chi connectivity index (χ0v) is 11.4. The number of benzene rings is 1. The van der Waals surface area contributed by atoms with Gasteiger partial charge in [-0.15, -0.1) is 0 Å². The van der Waals surface area contributed by atoms with Gasteiger partial charge in [-0.05, 0) is 31.2 Å². The van der Waals surface area contributed by atoms with Crippen molar-refractivity contribution in [3.63, 3.8) is 0 Å². The van der Waals surface area contributed by atoms with Crippen LogP contribution in [0, 0.1) is 0 Å². The monoisotopic (exact) mass is 296 g/mol. The first-order chi connectivity index (χ1) is 7.70. The summed E-state index contributed by atoms with van der Waals surface area (Å²) in [6, 6.07) is 6.84. The smallest absolute Gasteiger partial charge is 0.159 e. The molecule has 0 aromatic heterocycles. The summed E-state index contributed by atoms with van der Waals surface area (Å²) >= 11 is 5.61. The molecule has 0 N–H and O–H groups in total. The maximum absolute atomic E-state index is 10.7. The molecular formula is C11H13ClCrO4. The third kappa shape index (κ3) is 14.7. The van der Waals surface area contributed by atoms with Crippen LogP contribution in [0.25, 0.3) is 0 Å². The van der Waals surface area contributed by atoms with E-state index in [4.69, 9.17) is 26.0 Å². The average Bonchev–Trinajstić information content (AvgIpc) is 2.37. The minimum absolute atomic E-state index is 0. The first-order valence-electron chi connectivity index (χ1n) is 3.83. The zero-order valence-electron chi connectivity index (χ0n) is 9.35. The molecule has 0 bridgehead atoms. The summed E-state index contributed by atoms with van der Waals surface area (Å²) in [6.07, 6.45) is 0. The molecule has 0 aliphatic heterocycles. The van der Waals surface area contributed by atoms with Gasteiger partial charge in [0, 0.05) is 27.9 Å². The van der Waals surface area contributed by atoms with E-state index in [0.717, 1.165) is 0 Å². The molecule has 0 fully saturated rings. The Bertz CT molecular complexity index is 285. The van der Waals surface area contributed by atoms with Gasteiger partial charge in [0.05, 0.1) is 0 Å². The predicted molar refractivity (Wildman–Crippen MR) is 62.8 cm³/mol. The van der Waals surface area contributed by atoms with Gasteiger partial charge < -0.3 is 14.4 Å². The minimum atomic E-state index is 0. The first-order valence-corrected chi connectivity index (χ1v) is 4.21. The second kappa shape index (κ2) is 20.2. The van der Waals surface area contributed by atoms with Gasteiger partial charge in [0.15, 0.2) is 5.78 Å². The molecule has 0 aliphatic carbocycles. The van der Waals surface area contributed by atoms with Crippen molar-refractivity contribution >= 4 is 37.8 Å². The van der Waals surface area contributed by atoms with Crippen molar-refractivity contribution in [3.8, 4) is 0 Å². The van der Waals surface area contributed by atoms with Gasteiger partial charge in [0.2, 0.25) is 0 Å². The Kier molecular flexibility index (Phi) is 29.4. The Morgan fingerprint density at radius 2 is 1.24 bits per heavy atom. The molecule has 1 aromatic rings. The summed E-state index contributed by atoms with van der Waals surface area (Å²) in [5.74, 6) is 0.0664. The van der Waals surface area contributed by atoms with Gasteiger partial charge in [-0.2, -0.15) is 0 Å². The number of rotatable bonds is 1. The van der Waals surface area contributed by atoms with Crippen molar-refractivity contribution in [2.24, 2.45) is 0 Å². The van der Waals surface area contributed by atoms with Crippen molar-refractivity contribution < 1.29 is 36.5 Å². The summed E-state index contributed by atoms with van der Waals surface area (Å²) < 4.78 is 0. The zero-order chi connectivity index (χ0) is 13.6. The van der Waals surface area contributed by atoms with Gasteiger partial charge in [-0.1, -0.05) is 11.6 Å². The van der Waals surface area contributed by atoms with Crippen LogP contribution in [0.2, 0.25) is 5.02 Å². The summed E-state index contributed by atoms with van der Waals surface area (Å²) in [7, 11) is 0. The summed E-state index contributed by atoms with van der Waals surface area (Å²) in [5, 5.41) is 0.657. The Hall–Kier alpha value is -1.28. The number of carbonyl (C=O) groups excluding carboxylic acids is 4. The van der Waals surface area contributed by atoms with Gasteiger partial charge >= 0.3 is 0 Å². The Morgan fingerprint density at radius 1 is 0.941 bits per heavy atom. The van der Waals surface area contributed by atoms with E-state index in [1.54, 1.807) is 24.3 Å². The van der Waals surface area contributed by atoms with Gasteiger partial charge in [-0.3, -0.25) is 4.79 Å². The summed E-state index contributed by atoms with van der Waals surface area (Å²) in [4.78, 5) is 34.7. The van der Waals surface area contributed by atoms with E-state index in [-0.39, 0.29) is 23.1 Å². The Balaban J connectivity index is -0.000000106. The molecule has 1 rings (SSSR count). The first kappa shape index (κ1) is 24.8. The predicted octanol–water partition coefficient (Wildman–Crippen LogP) is 1.99. The SMILES string of the molecule is C=O.C=O.C=O.CC(=O)c1ccc(Cl)cc1.[Cr]. The molecule has 0 unspecified atom stereocenters. The molecule has 4 nitrogen and oxygen atoms in total. The van der Waals surface area contributed by atoms with Crippen LogP contribution in [0.15, 0.2) is 24.3 Å². The number of hydrogen-bond donors (Lipinski definition) is 0. The fourth-order valence-corrected chi connectivity index (χ4v) is 0.811. The van der Waals surface area contributed by atoms with Crippen LogP contribution in [0.5, 0.6) is 0 Å². The van der Waals surface area contributed by atoms with Crippen molar-refractivity contribution in [2.45, 2.75) is 6.92 Å². The van der Waals surface area contributed by atoms with Crippen molar-refractivity contribution in [1.29, 1.82) is 0 Å². The van der Waals surface area contributed by atoms with Crippen LogP contribution in [-0.2, 0) is 31.7 Å². The van der Waals surface area contributed by atoms with Gasteiger partial charge in [-0.25, -0.2) is 0 Å². The van der Waals surface area contributed by atoms with Gasteiger partial charge in [0.1, 0.15) is 20.4 Å². The van der Waals surface area contributed by atoms with Crippen LogP contribution in [-0.4, -0.2) is 26.2 Å². The number of hydrogen-bond acceptors (Lipinski definition) is 4. The molecule has 17 heavy (non-hydrogen) atoms. The van der Waals surface area contributed by atoms with Crippen LogP contribution in [0.3, 0.4) is 0 Å². The van der Waals surface area contributed by atoms with Gasteiger partial charge in [0.25, 0.3) is 0 Å². The van der Waals surface area contributed by atoms with E-state index in [1.165, 1.54) is 6.92 Å². The number of halogens is 1. The van der Waals surface area contributed by atoms with E-state index in [1.807, 2.05) is 20.4 Å². The van der Waals surface area contributed by atoms with E-state index in [2.05, 4.69) is 0 Å². The van der Waals surface area contributed by atoms with E-state index >= 15 is 0 Å². The molecular weight excluding hydrogens is 284 g/mol. The van der Waals surface area contributed by atoms with Crippen LogP contribution in [0.4, 0.5) is 0 Å². The fourth-order valence-electron chi connectivity index (χ4n) is 0.685. The maximum Gasteiger partial charge on any atom is 0.159 e. The van der Waals surface area contributed by atoms with E-state index < -0.39 is 0 Å². The Morgan fingerprint density at radius 3 is 1.47 bits per heavy atom. The number of carbonyl (C=O) groups is 4. The normalized spacial score (nSPS) is 6.24. The van der Waals surface area contributed by atoms with Crippen LogP contribution in [0.1, 0.15) is 17.3 Å². The number of ketones is 1. The maximum atomic E-state index is 10.7. The van der Waals surface area contributed by atoms with E-state index in [0.29, 0.717) is 10.6 Å². The molecule has 94 valence electrons. The molecule has 0 saturated heterocycles. The van der Waals surface area contributed by atoms with Crippen molar-refractivity contribution in [1.82, 2.24) is 0 Å². The fraction of sp³-hybridized carbons (Fsp3) is 0.0909. The molecule has 0 amide bonds. The molecule has 6 heteroatoms. The number of Topliss-reactive ketones (excluding diaryl/α,β-unsaturated/α-hetero) is 1. The largest absolute Gasteiger partial charge is 0.307 e. The van der Waals surface area contributed by atoms with Crippen molar-refractivity contribution in [2.75, 3.05) is 0 Å². The summed E-state index contributed by atoms with van der Waals surface area (Å²) in [6.45, 7) is 7.53. The van der Waals surface area contributed by atoms with E-state index in [9.17, 15) is 4.79 Å². The molecule has 0 spiro atoms. The molecule has 0 heterocycles. The summed E-state index contributed by atoms with van der Waals surface area (Å²) in [5.41, 5.74) is 0.699.